The molecule has 4 rings (SSSR count). The van der Waals surface area contributed by atoms with Crippen LogP contribution in [0.5, 0.6) is 0 Å². The van der Waals surface area contributed by atoms with Crippen LogP contribution in [0, 0.1) is 25.2 Å². The van der Waals surface area contributed by atoms with Crippen molar-refractivity contribution in [1.29, 1.82) is 0 Å². The van der Waals surface area contributed by atoms with Crippen molar-refractivity contribution in [3.05, 3.63) is 28.9 Å². The molecule has 25 heavy (non-hydrogen) atoms. The van der Waals surface area contributed by atoms with Crippen LogP contribution in [0.2, 0.25) is 0 Å². The van der Waals surface area contributed by atoms with Gasteiger partial charge in [0, 0.05) is 24.6 Å². The van der Waals surface area contributed by atoms with E-state index in [0.29, 0.717) is 31.0 Å². The Balaban J connectivity index is 1.50. The van der Waals surface area contributed by atoms with E-state index in [4.69, 9.17) is 4.52 Å². The van der Waals surface area contributed by atoms with Crippen LogP contribution in [0.1, 0.15) is 41.0 Å². The Bertz CT molecular complexity index is 845. The highest BCUT2D eigenvalue weighted by Gasteiger charge is 2.78. The molecule has 1 saturated carbocycles. The summed E-state index contributed by atoms with van der Waals surface area (Å²) in [5.41, 5.74) is 0.574. The summed E-state index contributed by atoms with van der Waals surface area (Å²) in [5.74, 6) is -3.18. The molecule has 2 aliphatic rings. The Hall–Kier alpha value is -2.32. The van der Waals surface area contributed by atoms with Gasteiger partial charge in [0.05, 0.1) is 17.3 Å². The third-order valence-electron chi connectivity index (χ3n) is 5.64. The average Bonchev–Trinajstić information content (AvgIpc) is 2.94. The van der Waals surface area contributed by atoms with Crippen molar-refractivity contribution in [2.24, 2.45) is 11.3 Å². The third-order valence-corrected chi connectivity index (χ3v) is 5.64. The number of fused-ring (bicyclic) bond motifs is 1. The van der Waals surface area contributed by atoms with Gasteiger partial charge in [-0.3, -0.25) is 4.79 Å². The molecule has 9 heteroatoms. The lowest BCUT2D eigenvalue weighted by molar-refractivity contribution is 0.0635. The van der Waals surface area contributed by atoms with Gasteiger partial charge in [-0.25, -0.2) is 13.5 Å². The first-order valence-electron chi connectivity index (χ1n) is 8.23. The lowest BCUT2D eigenvalue weighted by Crippen LogP contribution is -2.39. The Kier molecular flexibility index (Phi) is 3.29. The largest absolute Gasteiger partial charge is 0.359 e. The Labute approximate surface area is 143 Å². The summed E-state index contributed by atoms with van der Waals surface area (Å²) in [6.07, 6.45) is 0.306. The average molecular weight is 351 g/mol. The number of carbonyl (C=O) groups is 1. The maximum absolute atomic E-state index is 13.9. The fourth-order valence-electron chi connectivity index (χ4n) is 3.69. The fourth-order valence-corrected chi connectivity index (χ4v) is 3.69. The van der Waals surface area contributed by atoms with Crippen molar-refractivity contribution in [3.63, 3.8) is 0 Å². The number of rotatable bonds is 3. The normalized spacial score (nSPS) is 27.2. The van der Waals surface area contributed by atoms with Gasteiger partial charge in [-0.05, 0) is 20.3 Å². The number of piperidine rings is 1. The summed E-state index contributed by atoms with van der Waals surface area (Å²) in [7, 11) is 0. The quantitative estimate of drug-likeness (QED) is 0.846. The molecule has 2 unspecified atom stereocenters. The van der Waals surface area contributed by atoms with Gasteiger partial charge in [0.15, 0.2) is 11.5 Å². The minimum absolute atomic E-state index is 0.0654. The number of carbonyl (C=O) groups excluding carboxylic acids is 1. The van der Waals surface area contributed by atoms with E-state index in [2.05, 4.69) is 15.5 Å². The van der Waals surface area contributed by atoms with Crippen LogP contribution in [-0.2, 0) is 6.54 Å². The molecule has 3 heterocycles. The van der Waals surface area contributed by atoms with Crippen molar-refractivity contribution < 1.29 is 18.1 Å². The molecule has 1 aliphatic heterocycles. The highest BCUT2D eigenvalue weighted by Crippen LogP contribution is 2.69. The van der Waals surface area contributed by atoms with Crippen LogP contribution in [0.15, 0.2) is 10.6 Å². The van der Waals surface area contributed by atoms with Crippen LogP contribution in [-0.4, -0.2) is 50.0 Å². The van der Waals surface area contributed by atoms with E-state index in [0.717, 1.165) is 5.69 Å². The van der Waals surface area contributed by atoms with Gasteiger partial charge in [-0.1, -0.05) is 17.3 Å². The van der Waals surface area contributed by atoms with Crippen molar-refractivity contribution in [1.82, 2.24) is 25.1 Å². The van der Waals surface area contributed by atoms with Gasteiger partial charge in [-0.2, -0.15) is 0 Å². The maximum atomic E-state index is 13.9. The molecule has 2 aromatic heterocycles. The number of hydrogen-bond donors (Lipinski definition) is 0. The maximum Gasteiger partial charge on any atom is 0.276 e. The first-order valence-corrected chi connectivity index (χ1v) is 8.23. The lowest BCUT2D eigenvalue weighted by atomic mass is 9.97. The molecule has 134 valence electrons. The zero-order valence-electron chi connectivity index (χ0n) is 14.3. The molecule has 0 bridgehead atoms. The SMILES string of the molecule is Cc1cc(Cn2nnc(C(=O)N3CCC4(C)C(C3)C4(F)F)c2C)on1. The van der Waals surface area contributed by atoms with E-state index in [1.165, 1.54) is 4.90 Å². The summed E-state index contributed by atoms with van der Waals surface area (Å²) in [6, 6.07) is 1.78. The van der Waals surface area contributed by atoms with Gasteiger partial charge in [0.1, 0.15) is 6.54 Å². The molecule has 0 aromatic carbocycles. The summed E-state index contributed by atoms with van der Waals surface area (Å²) in [5, 5.41) is 11.8. The van der Waals surface area contributed by atoms with Gasteiger partial charge in [0.2, 0.25) is 0 Å². The van der Waals surface area contributed by atoms with Gasteiger partial charge < -0.3 is 9.42 Å². The highest BCUT2D eigenvalue weighted by molar-refractivity contribution is 5.93. The zero-order valence-corrected chi connectivity index (χ0v) is 14.3. The molecule has 2 fully saturated rings. The molecular formula is C16H19F2N5O2. The van der Waals surface area contributed by atoms with E-state index in [-0.39, 0.29) is 18.1 Å². The van der Waals surface area contributed by atoms with Crippen molar-refractivity contribution in [2.75, 3.05) is 13.1 Å². The number of aryl methyl sites for hydroxylation is 1. The van der Waals surface area contributed by atoms with Gasteiger partial charge in [-0.15, -0.1) is 5.10 Å². The monoisotopic (exact) mass is 351 g/mol. The second-order valence-corrected chi connectivity index (χ2v) is 7.21. The van der Waals surface area contributed by atoms with Crippen LogP contribution >= 0.6 is 0 Å². The molecule has 2 aromatic rings. The molecule has 1 saturated heterocycles. The molecule has 1 amide bonds. The van der Waals surface area contributed by atoms with E-state index in [1.54, 1.807) is 24.6 Å². The van der Waals surface area contributed by atoms with E-state index < -0.39 is 17.3 Å². The van der Waals surface area contributed by atoms with Crippen LogP contribution in [0.25, 0.3) is 0 Å². The fraction of sp³-hybridized carbons (Fsp3) is 0.625. The van der Waals surface area contributed by atoms with Gasteiger partial charge in [0.25, 0.3) is 11.8 Å². The minimum atomic E-state index is -2.68. The molecule has 0 spiro atoms. The Morgan fingerprint density at radius 3 is 2.84 bits per heavy atom. The topological polar surface area (TPSA) is 77.0 Å². The molecule has 1 aliphatic carbocycles. The molecule has 7 nitrogen and oxygen atoms in total. The first kappa shape index (κ1) is 16.2. The summed E-state index contributed by atoms with van der Waals surface area (Å²) < 4.78 is 34.4. The number of aromatic nitrogens is 4. The molecular weight excluding hydrogens is 332 g/mol. The van der Waals surface area contributed by atoms with E-state index in [9.17, 15) is 13.6 Å². The van der Waals surface area contributed by atoms with E-state index in [1.807, 2.05) is 6.92 Å². The molecule has 0 radical (unpaired) electrons. The summed E-state index contributed by atoms with van der Waals surface area (Å²) >= 11 is 0. The second kappa shape index (κ2) is 5.09. The van der Waals surface area contributed by atoms with Crippen LogP contribution < -0.4 is 0 Å². The van der Waals surface area contributed by atoms with Crippen molar-refractivity contribution in [3.8, 4) is 0 Å². The zero-order chi connectivity index (χ0) is 18.0. The molecule has 0 N–H and O–H groups in total. The first-order chi connectivity index (χ1) is 11.7. The van der Waals surface area contributed by atoms with Gasteiger partial charge >= 0.3 is 0 Å². The Morgan fingerprint density at radius 2 is 2.20 bits per heavy atom. The number of likely N-dealkylation sites (tertiary alicyclic amines) is 1. The van der Waals surface area contributed by atoms with Crippen molar-refractivity contribution in [2.45, 2.75) is 39.7 Å². The predicted molar refractivity (Wildman–Crippen MR) is 82.2 cm³/mol. The lowest BCUT2D eigenvalue weighted by Gasteiger charge is -2.27. The highest BCUT2D eigenvalue weighted by atomic mass is 19.3. The summed E-state index contributed by atoms with van der Waals surface area (Å²) in [4.78, 5) is 14.2. The predicted octanol–water partition coefficient (Wildman–Crippen LogP) is 2.05. The summed E-state index contributed by atoms with van der Waals surface area (Å²) in [6.45, 7) is 5.83. The van der Waals surface area contributed by atoms with Crippen LogP contribution in [0.4, 0.5) is 8.78 Å². The number of halogens is 2. The standard InChI is InChI=1S/C16H19F2N5O2/c1-9-6-11(25-20-9)7-23-10(2)13(19-21-23)14(24)22-5-4-15(3)12(8-22)16(15,17)18/h6,12H,4-5,7-8H2,1-3H3. The minimum Gasteiger partial charge on any atom is -0.359 e. The number of nitrogens with zero attached hydrogens (tertiary/aromatic N) is 5. The third kappa shape index (κ3) is 2.28. The number of amides is 1. The number of hydrogen-bond acceptors (Lipinski definition) is 5. The molecule has 2 atom stereocenters. The Morgan fingerprint density at radius 1 is 1.44 bits per heavy atom. The van der Waals surface area contributed by atoms with Crippen LogP contribution in [0.3, 0.4) is 0 Å². The second-order valence-electron chi connectivity index (χ2n) is 7.21. The number of alkyl halides is 2. The smallest absolute Gasteiger partial charge is 0.276 e. The van der Waals surface area contributed by atoms with E-state index >= 15 is 0 Å². The van der Waals surface area contributed by atoms with Crippen molar-refractivity contribution >= 4 is 5.91 Å².